The number of nitrogens with one attached hydrogen (secondary N) is 1. The third kappa shape index (κ3) is 4.06. The molecule has 1 atom stereocenters. The van der Waals surface area contributed by atoms with Crippen LogP contribution in [0.1, 0.15) is 54.4 Å². The van der Waals surface area contributed by atoms with E-state index in [4.69, 9.17) is 9.97 Å². The topological polar surface area (TPSA) is 80.7 Å². The number of thiophene rings is 1. The quantitative estimate of drug-likeness (QED) is 0.458. The van der Waals surface area contributed by atoms with Crippen molar-refractivity contribution in [2.45, 2.75) is 57.9 Å². The first-order valence-electron chi connectivity index (χ1n) is 9.45. The van der Waals surface area contributed by atoms with Crippen LogP contribution in [-0.2, 0) is 17.6 Å². The van der Waals surface area contributed by atoms with Crippen LogP contribution in [0.5, 0.6) is 0 Å². The Labute approximate surface area is 176 Å². The number of hydrogen-bond donors (Lipinski definition) is 1. The SMILES string of the molecule is Cc1nnc(NC(=O)CSc2nc(C(C)C)nc3sc4c(c23)CC[C@@H](C)C4)s1. The lowest BCUT2D eigenvalue weighted by molar-refractivity contribution is -0.113. The Morgan fingerprint density at radius 3 is 2.82 bits per heavy atom. The number of anilines is 1. The standard InChI is InChI=1S/C19H23N5OS3/c1-9(2)16-21-17(26-8-14(25)20-19-24-23-11(4)27-19)15-12-6-5-10(3)7-13(12)28-18(15)22-16/h9-10H,5-8H2,1-4H3,(H,20,24,25)/t10-/m1/s1. The van der Waals surface area contributed by atoms with E-state index in [9.17, 15) is 4.79 Å². The molecule has 148 valence electrons. The molecule has 0 spiro atoms. The van der Waals surface area contributed by atoms with Crippen LogP contribution in [0.2, 0.25) is 0 Å². The fourth-order valence-corrected chi connectivity index (χ4v) is 6.25. The van der Waals surface area contributed by atoms with Gasteiger partial charge in [-0.15, -0.1) is 21.5 Å². The van der Waals surface area contributed by atoms with Crippen molar-refractivity contribution in [3.63, 3.8) is 0 Å². The molecule has 0 fully saturated rings. The molecule has 1 aliphatic rings. The number of carbonyl (C=O) groups is 1. The highest BCUT2D eigenvalue weighted by molar-refractivity contribution is 8.00. The van der Waals surface area contributed by atoms with Crippen molar-refractivity contribution >= 4 is 55.7 Å². The molecule has 3 heterocycles. The van der Waals surface area contributed by atoms with Gasteiger partial charge in [0.15, 0.2) is 0 Å². The fraction of sp³-hybridized carbons (Fsp3) is 0.526. The minimum absolute atomic E-state index is 0.0864. The van der Waals surface area contributed by atoms with Crippen LogP contribution in [0.25, 0.3) is 10.2 Å². The summed E-state index contributed by atoms with van der Waals surface area (Å²) >= 11 is 4.68. The van der Waals surface area contributed by atoms with E-state index in [-0.39, 0.29) is 11.8 Å². The number of thioether (sulfide) groups is 1. The number of aryl methyl sites for hydroxylation is 2. The van der Waals surface area contributed by atoms with Crippen molar-refractivity contribution in [2.75, 3.05) is 11.1 Å². The summed E-state index contributed by atoms with van der Waals surface area (Å²) < 4.78 is 0. The smallest absolute Gasteiger partial charge is 0.236 e. The van der Waals surface area contributed by atoms with Crippen LogP contribution in [0.3, 0.4) is 0 Å². The molecule has 1 aliphatic carbocycles. The zero-order chi connectivity index (χ0) is 19.8. The number of aromatic nitrogens is 4. The first-order valence-corrected chi connectivity index (χ1v) is 12.1. The van der Waals surface area contributed by atoms with Gasteiger partial charge in [-0.2, -0.15) is 0 Å². The number of rotatable bonds is 5. The third-order valence-corrected chi connectivity index (χ3v) is 7.65. The average molecular weight is 434 g/mol. The van der Waals surface area contributed by atoms with E-state index >= 15 is 0 Å². The van der Waals surface area contributed by atoms with Crippen molar-refractivity contribution < 1.29 is 4.79 Å². The summed E-state index contributed by atoms with van der Waals surface area (Å²) in [5, 5.41) is 14.2. The van der Waals surface area contributed by atoms with Gasteiger partial charge in [-0.25, -0.2) is 9.97 Å². The van der Waals surface area contributed by atoms with Gasteiger partial charge in [0, 0.05) is 16.2 Å². The van der Waals surface area contributed by atoms with Gasteiger partial charge in [-0.05, 0) is 37.7 Å². The van der Waals surface area contributed by atoms with E-state index < -0.39 is 0 Å². The van der Waals surface area contributed by atoms with E-state index in [1.807, 2.05) is 18.3 Å². The second kappa shape index (κ2) is 8.04. The highest BCUT2D eigenvalue weighted by atomic mass is 32.2. The zero-order valence-electron chi connectivity index (χ0n) is 16.4. The van der Waals surface area contributed by atoms with Crippen molar-refractivity contribution in [3.05, 3.63) is 21.3 Å². The van der Waals surface area contributed by atoms with E-state index in [1.54, 1.807) is 0 Å². The summed E-state index contributed by atoms with van der Waals surface area (Å²) in [6, 6.07) is 0. The number of carbonyl (C=O) groups excluding carboxylic acids is 1. The molecule has 1 N–H and O–H groups in total. The van der Waals surface area contributed by atoms with Gasteiger partial charge in [0.2, 0.25) is 11.0 Å². The number of nitrogens with zero attached hydrogens (tertiary/aromatic N) is 4. The lowest BCUT2D eigenvalue weighted by Gasteiger charge is -2.18. The largest absolute Gasteiger partial charge is 0.300 e. The Kier molecular flexibility index (Phi) is 5.66. The molecule has 0 aromatic carbocycles. The summed E-state index contributed by atoms with van der Waals surface area (Å²) in [5.41, 5.74) is 1.40. The predicted molar refractivity (Wildman–Crippen MR) is 117 cm³/mol. The first kappa shape index (κ1) is 19.7. The molecule has 6 nitrogen and oxygen atoms in total. The minimum Gasteiger partial charge on any atom is -0.300 e. The molecule has 0 unspecified atom stereocenters. The normalized spacial score (nSPS) is 16.5. The van der Waals surface area contributed by atoms with E-state index in [2.05, 4.69) is 36.3 Å². The van der Waals surface area contributed by atoms with Gasteiger partial charge < -0.3 is 0 Å². The summed E-state index contributed by atoms with van der Waals surface area (Å²) in [5.74, 6) is 2.03. The van der Waals surface area contributed by atoms with Crippen LogP contribution in [0.4, 0.5) is 5.13 Å². The average Bonchev–Trinajstić information content (AvgIpc) is 3.21. The van der Waals surface area contributed by atoms with Crippen LogP contribution in [-0.4, -0.2) is 31.8 Å². The maximum Gasteiger partial charge on any atom is 0.236 e. The predicted octanol–water partition coefficient (Wildman–Crippen LogP) is 4.83. The maximum absolute atomic E-state index is 12.4. The van der Waals surface area contributed by atoms with Crippen molar-refractivity contribution in [3.8, 4) is 0 Å². The lowest BCUT2D eigenvalue weighted by Crippen LogP contribution is -2.14. The van der Waals surface area contributed by atoms with Gasteiger partial charge in [-0.1, -0.05) is 43.9 Å². The van der Waals surface area contributed by atoms with Crippen LogP contribution in [0.15, 0.2) is 5.03 Å². The van der Waals surface area contributed by atoms with Gasteiger partial charge in [0.05, 0.1) is 5.75 Å². The molecule has 3 aromatic rings. The zero-order valence-corrected chi connectivity index (χ0v) is 18.9. The number of fused-ring (bicyclic) bond motifs is 3. The Balaban J connectivity index is 1.62. The summed E-state index contributed by atoms with van der Waals surface area (Å²) in [6.45, 7) is 8.40. The van der Waals surface area contributed by atoms with Crippen molar-refractivity contribution in [1.82, 2.24) is 20.2 Å². The third-order valence-electron chi connectivity index (χ3n) is 4.77. The minimum atomic E-state index is -0.0864. The van der Waals surface area contributed by atoms with Crippen molar-refractivity contribution in [1.29, 1.82) is 0 Å². The van der Waals surface area contributed by atoms with E-state index in [1.165, 1.54) is 45.3 Å². The maximum atomic E-state index is 12.4. The second-order valence-electron chi connectivity index (χ2n) is 7.54. The van der Waals surface area contributed by atoms with Crippen LogP contribution < -0.4 is 5.32 Å². The second-order valence-corrected chi connectivity index (χ2v) is 10.8. The molecule has 0 aliphatic heterocycles. The van der Waals surface area contributed by atoms with Gasteiger partial charge in [0.1, 0.15) is 20.7 Å². The molecule has 4 rings (SSSR count). The highest BCUT2D eigenvalue weighted by Gasteiger charge is 2.25. The number of amides is 1. The van der Waals surface area contributed by atoms with Crippen molar-refractivity contribution in [2.24, 2.45) is 5.92 Å². The summed E-state index contributed by atoms with van der Waals surface area (Å²) in [4.78, 5) is 24.6. The Morgan fingerprint density at radius 1 is 1.29 bits per heavy atom. The van der Waals surface area contributed by atoms with E-state index in [0.29, 0.717) is 10.9 Å². The van der Waals surface area contributed by atoms with E-state index in [0.717, 1.165) is 39.4 Å². The van der Waals surface area contributed by atoms with Gasteiger partial charge in [0.25, 0.3) is 0 Å². The Bertz CT molecular complexity index is 1030. The van der Waals surface area contributed by atoms with Gasteiger partial charge in [-0.3, -0.25) is 10.1 Å². The first-order chi connectivity index (χ1) is 13.4. The van der Waals surface area contributed by atoms with Gasteiger partial charge >= 0.3 is 0 Å². The molecule has 1 amide bonds. The molecular formula is C19H23N5OS3. The lowest BCUT2D eigenvalue weighted by atomic mass is 9.89. The molecule has 0 radical (unpaired) electrons. The summed E-state index contributed by atoms with van der Waals surface area (Å²) in [6.07, 6.45) is 3.39. The molecule has 9 heteroatoms. The fourth-order valence-electron chi connectivity index (χ4n) is 3.32. The molecule has 0 bridgehead atoms. The highest BCUT2D eigenvalue weighted by Crippen LogP contribution is 2.41. The monoisotopic (exact) mass is 433 g/mol. The van der Waals surface area contributed by atoms with Crippen LogP contribution >= 0.6 is 34.4 Å². The Morgan fingerprint density at radius 2 is 2.11 bits per heavy atom. The molecule has 28 heavy (non-hydrogen) atoms. The summed E-state index contributed by atoms with van der Waals surface area (Å²) in [7, 11) is 0. The molecule has 3 aromatic heterocycles. The van der Waals surface area contributed by atoms with Crippen LogP contribution in [0, 0.1) is 12.8 Å². The number of hydrogen-bond acceptors (Lipinski definition) is 8. The molecule has 0 saturated carbocycles. The Hall–Kier alpha value is -1.58. The molecule has 0 saturated heterocycles. The molecular weight excluding hydrogens is 410 g/mol.